The summed E-state index contributed by atoms with van der Waals surface area (Å²) in [4.78, 5) is 29.6. The summed E-state index contributed by atoms with van der Waals surface area (Å²) in [5.41, 5.74) is -0.427. The molecule has 0 aromatic heterocycles. The number of ketones is 2. The smallest absolute Gasteiger partial charge is 0.181 e. The van der Waals surface area contributed by atoms with Crippen molar-refractivity contribution in [2.75, 3.05) is 0 Å². The van der Waals surface area contributed by atoms with Crippen molar-refractivity contribution in [3.63, 3.8) is 0 Å². The Morgan fingerprint density at radius 2 is 2.11 bits per heavy atom. The number of hydrogen-bond donors (Lipinski definition) is 1. The molecule has 0 unspecified atom stereocenters. The maximum absolute atomic E-state index is 12.9. The van der Waals surface area contributed by atoms with E-state index in [1.54, 1.807) is 19.1 Å². The molecule has 4 aliphatic carbocycles. The van der Waals surface area contributed by atoms with Crippen molar-refractivity contribution in [1.82, 2.24) is 0 Å². The Hall–Kier alpha value is -1.75. The molecule has 0 saturated heterocycles. The van der Waals surface area contributed by atoms with Gasteiger partial charge in [-0.1, -0.05) is 25.5 Å². The molecule has 0 amide bonds. The van der Waals surface area contributed by atoms with Gasteiger partial charge < -0.3 is 9.84 Å². The highest BCUT2D eigenvalue weighted by atomic mass is 16.5. The number of aliphatic hydroxyl groups excluding tert-OH is 1. The third kappa shape index (κ3) is 1.94. The fraction of sp³-hybridized carbons (Fsp3) is 0.696. The Labute approximate surface area is 165 Å². The van der Waals surface area contributed by atoms with E-state index in [9.17, 15) is 14.7 Å². The Balaban J connectivity index is 1.61. The summed E-state index contributed by atoms with van der Waals surface area (Å²) in [6.45, 7) is 7.77. The van der Waals surface area contributed by atoms with Crippen LogP contribution in [0.3, 0.4) is 0 Å². The summed E-state index contributed by atoms with van der Waals surface area (Å²) in [5, 5.41) is 11.4. The summed E-state index contributed by atoms with van der Waals surface area (Å²) in [6, 6.07) is 0. The molecule has 5 rings (SSSR count). The zero-order valence-electron chi connectivity index (χ0n) is 17.1. The second kappa shape index (κ2) is 5.44. The first-order valence-corrected chi connectivity index (χ1v) is 10.5. The lowest BCUT2D eigenvalue weighted by Crippen LogP contribution is -2.61. The van der Waals surface area contributed by atoms with E-state index in [2.05, 4.69) is 13.8 Å². The zero-order valence-corrected chi connectivity index (χ0v) is 17.1. The van der Waals surface area contributed by atoms with Gasteiger partial charge in [-0.3, -0.25) is 9.59 Å². The van der Waals surface area contributed by atoms with Crippen LogP contribution in [0.25, 0.3) is 0 Å². The van der Waals surface area contributed by atoms with Crippen LogP contribution >= 0.6 is 0 Å². The SMILES string of the molecule is CC(=O)[C@]12N=C(C)O[C@H]1C[C@@H]1[C@H]3CCC4=CC(=O)C=C[C@]4(C)[C@@H]3[C@@H](O)C[C@]12C. The summed E-state index contributed by atoms with van der Waals surface area (Å²) in [7, 11) is 0. The Morgan fingerprint density at radius 1 is 1.36 bits per heavy atom. The minimum absolute atomic E-state index is 0.0465. The first-order valence-electron chi connectivity index (χ1n) is 10.5. The number of carbonyl (C=O) groups is 2. The molecule has 150 valence electrons. The van der Waals surface area contributed by atoms with Gasteiger partial charge in [0.2, 0.25) is 0 Å². The number of aliphatic imine (C=N–C) groups is 1. The average Bonchev–Trinajstić information content (AvgIpc) is 3.06. The quantitative estimate of drug-likeness (QED) is 0.755. The largest absolute Gasteiger partial charge is 0.475 e. The van der Waals surface area contributed by atoms with Gasteiger partial charge in [-0.25, -0.2) is 4.99 Å². The standard InChI is InChI=1S/C23H29NO4/c1-12(25)23-19(28-13(2)24-23)10-17-16-6-5-14-9-15(26)7-8-21(14,3)20(16)18(27)11-22(17,23)4/h7-9,16-20,27H,5-6,10-11H2,1-4H3/t16-,17-,18+,19+,20+,21+,22-,23+/m1/s1. The lowest BCUT2D eigenvalue weighted by atomic mass is 9.46. The number of allylic oxidation sites excluding steroid dienone is 4. The van der Waals surface area contributed by atoms with Gasteiger partial charge in [0.15, 0.2) is 23.0 Å². The fourth-order valence-corrected chi connectivity index (χ4v) is 7.84. The van der Waals surface area contributed by atoms with E-state index in [0.717, 1.165) is 24.8 Å². The van der Waals surface area contributed by atoms with Gasteiger partial charge in [0.25, 0.3) is 0 Å². The Morgan fingerprint density at radius 3 is 2.82 bits per heavy atom. The molecule has 1 N–H and O–H groups in total. The Bertz CT molecular complexity index is 872. The minimum Gasteiger partial charge on any atom is -0.475 e. The number of fused-ring (bicyclic) bond motifs is 7. The van der Waals surface area contributed by atoms with Crippen molar-refractivity contribution >= 4 is 17.5 Å². The monoisotopic (exact) mass is 383 g/mol. The molecule has 3 fully saturated rings. The maximum Gasteiger partial charge on any atom is 0.181 e. The number of rotatable bonds is 1. The van der Waals surface area contributed by atoms with Crippen LogP contribution < -0.4 is 0 Å². The molecule has 1 aliphatic heterocycles. The third-order valence-electron chi connectivity index (χ3n) is 8.87. The van der Waals surface area contributed by atoms with Crippen molar-refractivity contribution in [3.05, 3.63) is 23.8 Å². The average molecular weight is 383 g/mol. The van der Waals surface area contributed by atoms with Crippen molar-refractivity contribution in [3.8, 4) is 0 Å². The van der Waals surface area contributed by atoms with Crippen molar-refractivity contribution in [1.29, 1.82) is 0 Å². The summed E-state index contributed by atoms with van der Waals surface area (Å²) < 4.78 is 6.05. The van der Waals surface area contributed by atoms with Crippen LogP contribution in [0, 0.1) is 28.6 Å². The molecule has 0 spiro atoms. The summed E-state index contributed by atoms with van der Waals surface area (Å²) >= 11 is 0. The highest BCUT2D eigenvalue weighted by Crippen LogP contribution is 2.69. The minimum atomic E-state index is -0.872. The third-order valence-corrected chi connectivity index (χ3v) is 8.87. The van der Waals surface area contributed by atoms with Gasteiger partial charge in [0.1, 0.15) is 6.10 Å². The molecule has 8 atom stereocenters. The molecule has 0 bridgehead atoms. The number of nitrogens with zero attached hydrogens (tertiary/aromatic N) is 1. The lowest BCUT2D eigenvalue weighted by molar-refractivity contribution is -0.142. The Kier molecular flexibility index (Phi) is 3.55. The predicted octanol–water partition coefficient (Wildman–Crippen LogP) is 3.02. The first kappa shape index (κ1) is 18.3. The van der Waals surface area contributed by atoms with E-state index in [0.29, 0.717) is 12.3 Å². The predicted molar refractivity (Wildman–Crippen MR) is 105 cm³/mol. The normalized spacial score (nSPS) is 51.3. The van der Waals surface area contributed by atoms with Crippen LogP contribution in [0.1, 0.15) is 53.4 Å². The van der Waals surface area contributed by atoms with Gasteiger partial charge >= 0.3 is 0 Å². The van der Waals surface area contributed by atoms with E-state index in [-0.39, 0.29) is 40.8 Å². The van der Waals surface area contributed by atoms with Crippen LogP contribution in [-0.2, 0) is 14.3 Å². The molecular formula is C23H29NO4. The zero-order chi connectivity index (χ0) is 20.1. The number of ether oxygens (including phenoxy) is 1. The number of aliphatic hydroxyl groups is 1. The molecule has 3 saturated carbocycles. The first-order chi connectivity index (χ1) is 13.1. The van der Waals surface area contributed by atoms with Crippen molar-refractivity contribution in [2.24, 2.45) is 33.6 Å². The molecule has 0 radical (unpaired) electrons. The molecule has 0 aromatic rings. The summed E-state index contributed by atoms with van der Waals surface area (Å²) in [6.07, 6.45) is 7.84. The molecule has 5 heteroatoms. The summed E-state index contributed by atoms with van der Waals surface area (Å²) in [5.74, 6) is 1.31. The molecule has 0 aromatic carbocycles. The highest BCUT2D eigenvalue weighted by Gasteiger charge is 2.73. The second-order valence-electron chi connectivity index (χ2n) is 10.0. The lowest BCUT2D eigenvalue weighted by Gasteiger charge is -2.59. The van der Waals surface area contributed by atoms with Gasteiger partial charge in [-0.2, -0.15) is 0 Å². The number of hydrogen-bond acceptors (Lipinski definition) is 5. The molecular weight excluding hydrogens is 354 g/mol. The van der Waals surface area contributed by atoms with Crippen LogP contribution in [0.15, 0.2) is 28.8 Å². The van der Waals surface area contributed by atoms with Crippen molar-refractivity contribution < 1.29 is 19.4 Å². The van der Waals surface area contributed by atoms with Crippen LogP contribution in [0.2, 0.25) is 0 Å². The number of carbonyl (C=O) groups excluding carboxylic acids is 2. The van der Waals surface area contributed by atoms with Gasteiger partial charge in [0.05, 0.1) is 6.10 Å². The molecule has 28 heavy (non-hydrogen) atoms. The van der Waals surface area contributed by atoms with E-state index in [1.807, 2.05) is 13.0 Å². The fourth-order valence-electron chi connectivity index (χ4n) is 7.84. The maximum atomic E-state index is 12.9. The van der Waals surface area contributed by atoms with Gasteiger partial charge in [0, 0.05) is 23.7 Å². The number of Topliss-reactive ketones (excluding diaryl/α,β-unsaturated/α-hetero) is 1. The second-order valence-corrected chi connectivity index (χ2v) is 10.0. The van der Waals surface area contributed by atoms with E-state index < -0.39 is 17.1 Å². The van der Waals surface area contributed by atoms with Crippen LogP contribution in [0.4, 0.5) is 0 Å². The highest BCUT2D eigenvalue weighted by molar-refractivity contribution is 6.01. The van der Waals surface area contributed by atoms with Gasteiger partial charge in [-0.05, 0) is 56.6 Å². The van der Waals surface area contributed by atoms with E-state index in [4.69, 9.17) is 9.73 Å². The van der Waals surface area contributed by atoms with E-state index >= 15 is 0 Å². The van der Waals surface area contributed by atoms with Crippen LogP contribution in [0.5, 0.6) is 0 Å². The van der Waals surface area contributed by atoms with Crippen molar-refractivity contribution in [2.45, 2.75) is 71.1 Å². The topological polar surface area (TPSA) is 76.0 Å². The molecule has 5 aliphatic rings. The van der Waals surface area contributed by atoms with Crippen LogP contribution in [-0.4, -0.2) is 40.3 Å². The van der Waals surface area contributed by atoms with Gasteiger partial charge in [-0.15, -0.1) is 0 Å². The molecule has 5 nitrogen and oxygen atoms in total. The van der Waals surface area contributed by atoms with E-state index in [1.165, 1.54) is 0 Å². The molecule has 1 heterocycles.